The Labute approximate surface area is 106 Å². The van der Waals surface area contributed by atoms with Crippen LogP contribution in [-0.2, 0) is 30.9 Å². The molecular weight excluding hydrogens is 274 g/mol. The summed E-state index contributed by atoms with van der Waals surface area (Å²) in [6.45, 7) is 2.11. The van der Waals surface area contributed by atoms with Crippen molar-refractivity contribution in [3.63, 3.8) is 0 Å². The molecule has 0 heterocycles. The molecule has 0 aromatic rings. The van der Waals surface area contributed by atoms with Gasteiger partial charge in [0.1, 0.15) is 0 Å². The average Bonchev–Trinajstić information content (AvgIpc) is 2.33. The van der Waals surface area contributed by atoms with Crippen molar-refractivity contribution < 1.29 is 30.9 Å². The summed E-state index contributed by atoms with van der Waals surface area (Å²) in [6, 6.07) is 0. The normalized spacial score (nSPS) is 12.8. The summed E-state index contributed by atoms with van der Waals surface area (Å²) in [5.41, 5.74) is 1.22. The zero-order valence-corrected chi connectivity index (χ0v) is 11.3. The molecule has 0 aliphatic heterocycles. The number of halogens is 2. The maximum Gasteiger partial charge on any atom is 0.0532 e. The number of hydrogen-bond donors (Lipinski definition) is 0. The standard InChI is InChI=1S/C8H11O.2ClH.Zr/c1-3-7-5-4-6-8(7)9-2;;;/h6H,3-4H2,1-2H3;2*1H;/q-1;;;. The molecular formula is C8H13Cl2OZr-. The Morgan fingerprint density at radius 3 is 2.42 bits per heavy atom. The van der Waals surface area contributed by atoms with E-state index in [9.17, 15) is 0 Å². The van der Waals surface area contributed by atoms with Crippen molar-refractivity contribution in [3.05, 3.63) is 23.5 Å². The van der Waals surface area contributed by atoms with E-state index in [1.807, 2.05) is 0 Å². The quantitative estimate of drug-likeness (QED) is 0.710. The number of ether oxygens (including phenoxy) is 1. The van der Waals surface area contributed by atoms with E-state index in [-0.39, 0.29) is 51.0 Å². The molecule has 1 aliphatic rings. The molecule has 0 radical (unpaired) electrons. The van der Waals surface area contributed by atoms with Crippen LogP contribution in [0.4, 0.5) is 0 Å². The van der Waals surface area contributed by atoms with Crippen LogP contribution in [-0.4, -0.2) is 7.11 Å². The van der Waals surface area contributed by atoms with E-state index in [0.717, 1.165) is 18.6 Å². The van der Waals surface area contributed by atoms with Crippen LogP contribution in [0.25, 0.3) is 0 Å². The van der Waals surface area contributed by atoms with Gasteiger partial charge in [0, 0.05) is 26.2 Å². The molecule has 0 unspecified atom stereocenters. The molecule has 4 heteroatoms. The Kier molecular flexibility index (Phi) is 15.2. The van der Waals surface area contributed by atoms with E-state index in [4.69, 9.17) is 4.74 Å². The second-order valence-corrected chi connectivity index (χ2v) is 1.99. The first-order valence-electron chi connectivity index (χ1n) is 3.22. The third-order valence-corrected chi connectivity index (χ3v) is 1.47. The summed E-state index contributed by atoms with van der Waals surface area (Å²) in [6.07, 6.45) is 7.21. The minimum atomic E-state index is 0. The van der Waals surface area contributed by atoms with Gasteiger partial charge in [-0.15, -0.1) is 37.3 Å². The minimum absolute atomic E-state index is 0. The van der Waals surface area contributed by atoms with Crippen molar-refractivity contribution >= 4 is 24.8 Å². The molecule has 70 valence electrons. The van der Waals surface area contributed by atoms with E-state index in [2.05, 4.69) is 19.1 Å². The first-order chi connectivity index (χ1) is 4.38. The van der Waals surface area contributed by atoms with E-state index in [0.29, 0.717) is 0 Å². The smallest absolute Gasteiger partial charge is 0.0532 e. The van der Waals surface area contributed by atoms with Crippen LogP contribution in [0.5, 0.6) is 0 Å². The van der Waals surface area contributed by atoms with Crippen LogP contribution >= 0.6 is 24.8 Å². The summed E-state index contributed by atoms with van der Waals surface area (Å²) in [7, 11) is 1.70. The fraction of sp³-hybridized carbons (Fsp3) is 0.500. The molecule has 1 rings (SSSR count). The zero-order chi connectivity index (χ0) is 6.69. The molecule has 1 aliphatic carbocycles. The second kappa shape index (κ2) is 9.83. The fourth-order valence-corrected chi connectivity index (χ4v) is 0.983. The molecule has 0 atom stereocenters. The van der Waals surface area contributed by atoms with E-state index < -0.39 is 0 Å². The molecule has 0 N–H and O–H groups in total. The Balaban J connectivity index is -0.000000270. The van der Waals surface area contributed by atoms with E-state index in [1.165, 1.54) is 5.57 Å². The first kappa shape index (κ1) is 18.5. The number of hydrogen-bond acceptors (Lipinski definition) is 1. The molecule has 1 nitrogen and oxygen atoms in total. The zero-order valence-electron chi connectivity index (χ0n) is 7.22. The van der Waals surface area contributed by atoms with Crippen molar-refractivity contribution in [3.8, 4) is 0 Å². The van der Waals surface area contributed by atoms with E-state index >= 15 is 0 Å². The summed E-state index contributed by atoms with van der Waals surface area (Å²) in [5, 5.41) is 0. The number of rotatable bonds is 2. The SMILES string of the molecule is CCC1=[C-]CC=C1OC.Cl.Cl.[Zr]. The Bertz CT molecular complexity index is 148. The second-order valence-electron chi connectivity index (χ2n) is 1.99. The maximum atomic E-state index is 5.08. The van der Waals surface area contributed by atoms with Crippen LogP contribution < -0.4 is 0 Å². The predicted octanol–water partition coefficient (Wildman–Crippen LogP) is 2.90. The van der Waals surface area contributed by atoms with Crippen molar-refractivity contribution in [1.82, 2.24) is 0 Å². The van der Waals surface area contributed by atoms with Crippen LogP contribution in [0, 0.1) is 6.08 Å². The van der Waals surface area contributed by atoms with Crippen LogP contribution in [0.3, 0.4) is 0 Å². The van der Waals surface area contributed by atoms with Crippen molar-refractivity contribution in [2.75, 3.05) is 7.11 Å². The molecule has 0 aromatic heterocycles. The maximum absolute atomic E-state index is 5.08. The van der Waals surface area contributed by atoms with Gasteiger partial charge in [0.05, 0.1) is 7.11 Å². The molecule has 0 saturated heterocycles. The average molecular weight is 287 g/mol. The van der Waals surface area contributed by atoms with Gasteiger partial charge in [-0.2, -0.15) is 5.57 Å². The monoisotopic (exact) mass is 285 g/mol. The largest absolute Gasteiger partial charge is 0.581 e. The predicted molar refractivity (Wildman–Crippen MR) is 51.3 cm³/mol. The summed E-state index contributed by atoms with van der Waals surface area (Å²) < 4.78 is 5.08. The summed E-state index contributed by atoms with van der Waals surface area (Å²) in [4.78, 5) is 0. The topological polar surface area (TPSA) is 9.23 Å². The van der Waals surface area contributed by atoms with Gasteiger partial charge in [-0.25, -0.2) is 0 Å². The Morgan fingerprint density at radius 1 is 1.50 bits per heavy atom. The first-order valence-corrected chi connectivity index (χ1v) is 3.22. The molecule has 0 amide bonds. The van der Waals surface area contributed by atoms with Gasteiger partial charge in [0.15, 0.2) is 0 Å². The molecule has 0 saturated carbocycles. The Morgan fingerprint density at radius 2 is 2.08 bits per heavy atom. The Hall–Kier alpha value is 0.743. The summed E-state index contributed by atoms with van der Waals surface area (Å²) >= 11 is 0. The molecule has 0 aromatic carbocycles. The van der Waals surface area contributed by atoms with Crippen LogP contribution in [0.15, 0.2) is 17.4 Å². The van der Waals surface area contributed by atoms with Crippen molar-refractivity contribution in [2.24, 2.45) is 0 Å². The van der Waals surface area contributed by atoms with Crippen molar-refractivity contribution in [2.45, 2.75) is 19.8 Å². The van der Waals surface area contributed by atoms with Gasteiger partial charge >= 0.3 is 0 Å². The third kappa shape index (κ3) is 4.69. The van der Waals surface area contributed by atoms with E-state index in [1.54, 1.807) is 7.11 Å². The van der Waals surface area contributed by atoms with Gasteiger partial charge < -0.3 is 4.74 Å². The third-order valence-electron chi connectivity index (χ3n) is 1.47. The van der Waals surface area contributed by atoms with Gasteiger partial charge in [-0.1, -0.05) is 13.3 Å². The van der Waals surface area contributed by atoms with Gasteiger partial charge in [-0.3, -0.25) is 6.08 Å². The minimum Gasteiger partial charge on any atom is -0.581 e. The number of methoxy groups -OCH3 is 1. The van der Waals surface area contributed by atoms with Gasteiger partial charge in [0.2, 0.25) is 0 Å². The summed E-state index contributed by atoms with van der Waals surface area (Å²) in [5.74, 6) is 1.01. The molecule has 0 fully saturated rings. The van der Waals surface area contributed by atoms with Crippen LogP contribution in [0.2, 0.25) is 0 Å². The fourth-order valence-electron chi connectivity index (χ4n) is 0.983. The molecule has 12 heavy (non-hydrogen) atoms. The van der Waals surface area contributed by atoms with Gasteiger partial charge in [0.25, 0.3) is 0 Å². The van der Waals surface area contributed by atoms with Crippen molar-refractivity contribution in [1.29, 1.82) is 0 Å². The number of allylic oxidation sites excluding steroid dienone is 3. The molecule has 0 spiro atoms. The molecule has 0 bridgehead atoms. The van der Waals surface area contributed by atoms with Crippen LogP contribution in [0.1, 0.15) is 19.8 Å². The van der Waals surface area contributed by atoms with Gasteiger partial charge in [-0.05, 0) is 5.76 Å².